The summed E-state index contributed by atoms with van der Waals surface area (Å²) in [6.07, 6.45) is 4.19. The molecule has 1 aliphatic rings. The lowest BCUT2D eigenvalue weighted by Crippen LogP contribution is -2.46. The van der Waals surface area contributed by atoms with Crippen LogP contribution in [0.4, 0.5) is 4.79 Å². The number of nitrogens with zero attached hydrogens (tertiary/aromatic N) is 1. The molecule has 0 spiro atoms. The van der Waals surface area contributed by atoms with Gasteiger partial charge in [-0.15, -0.1) is 0 Å². The van der Waals surface area contributed by atoms with Crippen molar-refractivity contribution in [3.8, 4) is 0 Å². The van der Waals surface area contributed by atoms with E-state index >= 15 is 0 Å². The van der Waals surface area contributed by atoms with E-state index in [0.717, 1.165) is 38.9 Å². The second kappa shape index (κ2) is 8.15. The largest absolute Gasteiger partial charge is 0.502 e. The number of rotatable bonds is 6. The summed E-state index contributed by atoms with van der Waals surface area (Å²) in [7, 11) is 0. The number of likely N-dealkylation sites (tertiary alicyclic amines) is 1. The lowest BCUT2D eigenvalue weighted by molar-refractivity contribution is 0.0198. The molecular formula is C15H28N2O3. The average Bonchev–Trinajstić information content (AvgIpc) is 2.37. The van der Waals surface area contributed by atoms with E-state index in [2.05, 4.69) is 11.9 Å². The van der Waals surface area contributed by atoms with Crippen LogP contribution in [-0.2, 0) is 9.47 Å². The third kappa shape index (κ3) is 6.80. The van der Waals surface area contributed by atoms with Gasteiger partial charge in [0.1, 0.15) is 5.60 Å². The molecule has 1 aliphatic heterocycles. The van der Waals surface area contributed by atoms with Gasteiger partial charge in [0.15, 0.2) is 0 Å². The molecule has 20 heavy (non-hydrogen) atoms. The van der Waals surface area contributed by atoms with Crippen molar-refractivity contribution in [2.75, 3.05) is 26.2 Å². The molecule has 0 aromatic rings. The van der Waals surface area contributed by atoms with Gasteiger partial charge in [0.2, 0.25) is 0 Å². The summed E-state index contributed by atoms with van der Waals surface area (Å²) in [5.74, 6) is 0. The highest BCUT2D eigenvalue weighted by Gasteiger charge is 2.26. The molecule has 0 radical (unpaired) electrons. The predicted octanol–water partition coefficient (Wildman–Crippen LogP) is 2.53. The monoisotopic (exact) mass is 284 g/mol. The maximum atomic E-state index is 11.9. The zero-order valence-corrected chi connectivity index (χ0v) is 13.0. The van der Waals surface area contributed by atoms with Crippen molar-refractivity contribution >= 4 is 6.09 Å². The molecule has 1 N–H and O–H groups in total. The van der Waals surface area contributed by atoms with E-state index in [1.54, 1.807) is 4.90 Å². The SMILES string of the molecule is C=COCCCNC1CCN(C(=O)OC(C)(C)C)CC1. The molecule has 0 aromatic heterocycles. The van der Waals surface area contributed by atoms with E-state index in [4.69, 9.17) is 9.47 Å². The minimum atomic E-state index is -0.419. The van der Waals surface area contributed by atoms with Crippen molar-refractivity contribution < 1.29 is 14.3 Å². The molecule has 1 rings (SSSR count). The van der Waals surface area contributed by atoms with Crippen LogP contribution in [0.15, 0.2) is 12.8 Å². The topological polar surface area (TPSA) is 50.8 Å². The van der Waals surface area contributed by atoms with Crippen LogP contribution in [0.3, 0.4) is 0 Å². The van der Waals surface area contributed by atoms with Gasteiger partial charge in [-0.2, -0.15) is 0 Å². The maximum absolute atomic E-state index is 11.9. The van der Waals surface area contributed by atoms with Crippen molar-refractivity contribution in [3.63, 3.8) is 0 Å². The Bertz CT molecular complexity index is 305. The molecule has 1 fully saturated rings. The number of piperidine rings is 1. The first kappa shape index (κ1) is 16.8. The number of nitrogens with one attached hydrogen (secondary N) is 1. The van der Waals surface area contributed by atoms with Gasteiger partial charge >= 0.3 is 6.09 Å². The molecule has 0 atom stereocenters. The quantitative estimate of drug-likeness (QED) is 0.601. The summed E-state index contributed by atoms with van der Waals surface area (Å²) < 4.78 is 10.5. The molecule has 0 saturated carbocycles. The predicted molar refractivity (Wildman–Crippen MR) is 79.6 cm³/mol. The maximum Gasteiger partial charge on any atom is 0.410 e. The van der Waals surface area contributed by atoms with Crippen LogP contribution in [0, 0.1) is 0 Å². The Labute approximate surface area is 122 Å². The molecule has 116 valence electrons. The van der Waals surface area contributed by atoms with Crippen molar-refractivity contribution in [3.05, 3.63) is 12.8 Å². The number of carbonyl (C=O) groups excluding carboxylic acids is 1. The Kier molecular flexibility index (Phi) is 6.85. The molecule has 0 bridgehead atoms. The highest BCUT2D eigenvalue weighted by Crippen LogP contribution is 2.15. The minimum absolute atomic E-state index is 0.199. The Morgan fingerprint density at radius 2 is 2.05 bits per heavy atom. The zero-order chi connectivity index (χ0) is 15.0. The van der Waals surface area contributed by atoms with Gasteiger partial charge in [0, 0.05) is 19.1 Å². The first-order valence-corrected chi connectivity index (χ1v) is 7.36. The lowest BCUT2D eigenvalue weighted by Gasteiger charge is -2.33. The van der Waals surface area contributed by atoms with E-state index < -0.39 is 5.60 Å². The molecule has 0 unspecified atom stereocenters. The zero-order valence-electron chi connectivity index (χ0n) is 13.0. The second-order valence-electron chi connectivity index (χ2n) is 6.09. The molecule has 1 amide bonds. The van der Waals surface area contributed by atoms with Gasteiger partial charge in [0.05, 0.1) is 12.9 Å². The van der Waals surface area contributed by atoms with Crippen molar-refractivity contribution in [2.24, 2.45) is 0 Å². The van der Waals surface area contributed by atoms with Gasteiger partial charge in [-0.25, -0.2) is 4.79 Å². The summed E-state index contributed by atoms with van der Waals surface area (Å²) >= 11 is 0. The number of hydrogen-bond donors (Lipinski definition) is 1. The molecule has 5 nitrogen and oxygen atoms in total. The first-order valence-electron chi connectivity index (χ1n) is 7.36. The van der Waals surface area contributed by atoms with E-state index in [1.807, 2.05) is 20.8 Å². The van der Waals surface area contributed by atoms with Crippen LogP contribution in [0.5, 0.6) is 0 Å². The number of carbonyl (C=O) groups is 1. The Balaban J connectivity index is 2.16. The smallest absolute Gasteiger partial charge is 0.410 e. The molecule has 0 aromatic carbocycles. The molecule has 1 saturated heterocycles. The van der Waals surface area contributed by atoms with E-state index in [0.29, 0.717) is 12.6 Å². The molecule has 1 heterocycles. The summed E-state index contributed by atoms with van der Waals surface area (Å²) in [4.78, 5) is 13.7. The van der Waals surface area contributed by atoms with Gasteiger partial charge in [-0.1, -0.05) is 6.58 Å². The fourth-order valence-corrected chi connectivity index (χ4v) is 2.14. The van der Waals surface area contributed by atoms with Crippen LogP contribution in [0.1, 0.15) is 40.0 Å². The number of amides is 1. The Hall–Kier alpha value is -1.23. The molecule has 0 aliphatic carbocycles. The molecular weight excluding hydrogens is 256 g/mol. The van der Waals surface area contributed by atoms with Crippen LogP contribution in [0.25, 0.3) is 0 Å². The lowest BCUT2D eigenvalue weighted by atomic mass is 10.1. The summed E-state index contributed by atoms with van der Waals surface area (Å²) in [5.41, 5.74) is -0.419. The highest BCUT2D eigenvalue weighted by atomic mass is 16.6. The number of ether oxygens (including phenoxy) is 2. The fraction of sp³-hybridized carbons (Fsp3) is 0.800. The van der Waals surface area contributed by atoms with Gasteiger partial charge in [0.25, 0.3) is 0 Å². The van der Waals surface area contributed by atoms with Gasteiger partial charge < -0.3 is 19.7 Å². The van der Waals surface area contributed by atoms with Crippen LogP contribution < -0.4 is 5.32 Å². The Morgan fingerprint density at radius 1 is 1.40 bits per heavy atom. The standard InChI is InChI=1S/C15H28N2O3/c1-5-19-12-6-9-16-13-7-10-17(11-8-13)14(18)20-15(2,3)4/h5,13,16H,1,6-12H2,2-4H3. The highest BCUT2D eigenvalue weighted by molar-refractivity contribution is 5.68. The van der Waals surface area contributed by atoms with E-state index in [-0.39, 0.29) is 6.09 Å². The van der Waals surface area contributed by atoms with E-state index in [1.165, 1.54) is 6.26 Å². The third-order valence-electron chi connectivity index (χ3n) is 3.14. The second-order valence-corrected chi connectivity index (χ2v) is 6.09. The first-order chi connectivity index (χ1) is 9.42. The fourth-order valence-electron chi connectivity index (χ4n) is 2.14. The summed E-state index contributed by atoms with van der Waals surface area (Å²) in [6.45, 7) is 12.3. The molecule has 5 heteroatoms. The van der Waals surface area contributed by atoms with E-state index in [9.17, 15) is 4.79 Å². The van der Waals surface area contributed by atoms with Crippen LogP contribution >= 0.6 is 0 Å². The van der Waals surface area contributed by atoms with Gasteiger partial charge in [-0.05, 0) is 46.6 Å². The van der Waals surface area contributed by atoms with Crippen molar-refractivity contribution in [1.29, 1.82) is 0 Å². The number of hydrogen-bond acceptors (Lipinski definition) is 4. The summed E-state index contributed by atoms with van der Waals surface area (Å²) in [6, 6.07) is 0.484. The van der Waals surface area contributed by atoms with Crippen molar-refractivity contribution in [1.82, 2.24) is 10.2 Å². The van der Waals surface area contributed by atoms with Crippen LogP contribution in [0.2, 0.25) is 0 Å². The third-order valence-corrected chi connectivity index (χ3v) is 3.14. The van der Waals surface area contributed by atoms with Crippen molar-refractivity contribution in [2.45, 2.75) is 51.7 Å². The Morgan fingerprint density at radius 3 is 2.60 bits per heavy atom. The minimum Gasteiger partial charge on any atom is -0.502 e. The normalized spacial score (nSPS) is 16.9. The van der Waals surface area contributed by atoms with Crippen LogP contribution in [-0.4, -0.2) is 48.9 Å². The summed E-state index contributed by atoms with van der Waals surface area (Å²) in [5, 5.41) is 3.50. The van der Waals surface area contributed by atoms with Gasteiger partial charge in [-0.3, -0.25) is 0 Å². The average molecular weight is 284 g/mol.